The normalized spacial score (nSPS) is 21.5. The topological polar surface area (TPSA) is 113 Å². The van der Waals surface area contributed by atoms with Crippen molar-refractivity contribution in [1.82, 2.24) is 4.31 Å². The van der Waals surface area contributed by atoms with Gasteiger partial charge in [-0.2, -0.15) is 4.31 Å². The minimum absolute atomic E-state index is 0.0359. The van der Waals surface area contributed by atoms with Gasteiger partial charge in [-0.1, -0.05) is 0 Å². The van der Waals surface area contributed by atoms with Crippen LogP contribution in [0.4, 0.5) is 5.69 Å². The molecule has 1 unspecified atom stereocenters. The van der Waals surface area contributed by atoms with Crippen LogP contribution >= 0.6 is 0 Å². The highest BCUT2D eigenvalue weighted by Crippen LogP contribution is 2.35. The molecule has 0 aliphatic carbocycles. The predicted molar refractivity (Wildman–Crippen MR) is 84.4 cm³/mol. The Labute approximate surface area is 139 Å². The van der Waals surface area contributed by atoms with Crippen LogP contribution < -0.4 is 10.1 Å². The number of nitrogens with one attached hydrogen (secondary N) is 1. The lowest BCUT2D eigenvalue weighted by atomic mass is 10.0. The Morgan fingerprint density at radius 3 is 2.88 bits per heavy atom. The van der Waals surface area contributed by atoms with Crippen molar-refractivity contribution in [3.8, 4) is 5.75 Å². The molecule has 9 heteroatoms. The number of rotatable bonds is 3. The molecule has 1 saturated heterocycles. The Hall–Kier alpha value is -2.13. The van der Waals surface area contributed by atoms with E-state index in [-0.39, 0.29) is 24.0 Å². The van der Waals surface area contributed by atoms with Crippen molar-refractivity contribution in [2.45, 2.75) is 24.7 Å². The molecule has 2 heterocycles. The second-order valence-electron chi connectivity index (χ2n) is 5.99. The monoisotopic (exact) mass is 354 g/mol. The largest absolute Gasteiger partial charge is 0.482 e. The molecular formula is C15H18N2O6S. The first-order valence-corrected chi connectivity index (χ1v) is 9.03. The summed E-state index contributed by atoms with van der Waals surface area (Å²) in [6.45, 7) is 1.72. The first-order chi connectivity index (χ1) is 11.3. The molecule has 2 N–H and O–H groups in total. The number of benzene rings is 1. The molecule has 2 aliphatic heterocycles. The van der Waals surface area contributed by atoms with E-state index >= 15 is 0 Å². The van der Waals surface area contributed by atoms with Gasteiger partial charge in [-0.25, -0.2) is 8.42 Å². The molecule has 3 rings (SSSR count). The third-order valence-electron chi connectivity index (χ3n) is 4.26. The van der Waals surface area contributed by atoms with E-state index in [9.17, 15) is 18.0 Å². The van der Waals surface area contributed by atoms with Crippen molar-refractivity contribution in [3.63, 3.8) is 0 Å². The van der Waals surface area contributed by atoms with Crippen molar-refractivity contribution in [2.75, 3.05) is 25.0 Å². The standard InChI is InChI=1S/C15H18N2O6S/c1-9-5-11-12(23-8-14(18)16-11)6-13(9)24(21,22)17-4-2-3-10(7-17)15(19)20/h5-6,10H,2-4,7-8H2,1H3,(H,16,18)(H,19,20). The summed E-state index contributed by atoms with van der Waals surface area (Å²) < 4.78 is 32.3. The van der Waals surface area contributed by atoms with Gasteiger partial charge in [-0.05, 0) is 31.4 Å². The van der Waals surface area contributed by atoms with Crippen LogP contribution in [0.25, 0.3) is 0 Å². The first kappa shape index (κ1) is 16.7. The summed E-state index contributed by atoms with van der Waals surface area (Å²) in [6, 6.07) is 2.95. The number of nitrogens with zero attached hydrogens (tertiary/aromatic N) is 1. The number of aliphatic carboxylic acids is 1. The van der Waals surface area contributed by atoms with Gasteiger partial charge in [0.1, 0.15) is 5.75 Å². The van der Waals surface area contributed by atoms with Gasteiger partial charge in [0, 0.05) is 19.2 Å². The Balaban J connectivity index is 1.95. The van der Waals surface area contributed by atoms with Crippen LogP contribution in [0, 0.1) is 12.8 Å². The highest BCUT2D eigenvalue weighted by Gasteiger charge is 2.34. The van der Waals surface area contributed by atoms with E-state index in [2.05, 4.69) is 5.32 Å². The summed E-state index contributed by atoms with van der Waals surface area (Å²) >= 11 is 0. The minimum atomic E-state index is -3.83. The molecule has 0 saturated carbocycles. The molecule has 1 amide bonds. The molecule has 0 aromatic heterocycles. The molecule has 0 radical (unpaired) electrons. The lowest BCUT2D eigenvalue weighted by Gasteiger charge is -2.30. The quantitative estimate of drug-likeness (QED) is 0.830. The van der Waals surface area contributed by atoms with Crippen LogP contribution in [0.3, 0.4) is 0 Å². The van der Waals surface area contributed by atoms with Gasteiger partial charge in [0.2, 0.25) is 10.0 Å². The third kappa shape index (κ3) is 2.96. The van der Waals surface area contributed by atoms with Gasteiger partial charge < -0.3 is 15.2 Å². The van der Waals surface area contributed by atoms with E-state index in [0.717, 1.165) is 0 Å². The SMILES string of the molecule is Cc1cc2c(cc1S(=O)(=O)N1CCCC(C(=O)O)C1)OCC(=O)N2. The Morgan fingerprint density at radius 1 is 1.42 bits per heavy atom. The number of aryl methyl sites for hydroxylation is 1. The second-order valence-corrected chi connectivity index (χ2v) is 7.90. The first-order valence-electron chi connectivity index (χ1n) is 7.59. The summed E-state index contributed by atoms with van der Waals surface area (Å²) in [5.74, 6) is -1.67. The van der Waals surface area contributed by atoms with Gasteiger partial charge in [0.05, 0.1) is 16.5 Å². The van der Waals surface area contributed by atoms with Gasteiger partial charge in [-0.15, -0.1) is 0 Å². The van der Waals surface area contributed by atoms with Crippen LogP contribution in [0.5, 0.6) is 5.75 Å². The van der Waals surface area contributed by atoms with Crippen LogP contribution in [0.1, 0.15) is 18.4 Å². The molecule has 1 atom stereocenters. The number of carboxylic acids is 1. The minimum Gasteiger partial charge on any atom is -0.482 e. The highest BCUT2D eigenvalue weighted by atomic mass is 32.2. The number of hydrogen-bond acceptors (Lipinski definition) is 5. The summed E-state index contributed by atoms with van der Waals surface area (Å²) in [7, 11) is -3.83. The lowest BCUT2D eigenvalue weighted by Crippen LogP contribution is -2.42. The smallest absolute Gasteiger partial charge is 0.307 e. The van der Waals surface area contributed by atoms with Crippen LogP contribution in [0.15, 0.2) is 17.0 Å². The number of ether oxygens (including phenoxy) is 1. The van der Waals surface area contributed by atoms with Gasteiger partial charge >= 0.3 is 5.97 Å². The second kappa shape index (κ2) is 6.06. The number of carbonyl (C=O) groups is 2. The molecule has 24 heavy (non-hydrogen) atoms. The van der Waals surface area contributed by atoms with Gasteiger partial charge in [-0.3, -0.25) is 9.59 Å². The van der Waals surface area contributed by atoms with E-state index in [1.807, 2.05) is 0 Å². The maximum atomic E-state index is 12.9. The van der Waals surface area contributed by atoms with Crippen molar-refractivity contribution in [2.24, 2.45) is 5.92 Å². The van der Waals surface area contributed by atoms with Gasteiger partial charge in [0.25, 0.3) is 5.91 Å². The van der Waals surface area contributed by atoms with Crippen LogP contribution in [-0.2, 0) is 19.6 Å². The zero-order valence-corrected chi connectivity index (χ0v) is 13.9. The molecule has 130 valence electrons. The molecule has 1 aromatic rings. The summed E-state index contributed by atoms with van der Waals surface area (Å²) in [6.07, 6.45) is 0.979. The lowest BCUT2D eigenvalue weighted by molar-refractivity contribution is -0.142. The summed E-state index contributed by atoms with van der Waals surface area (Å²) in [4.78, 5) is 22.6. The molecule has 2 aliphatic rings. The number of fused-ring (bicyclic) bond motifs is 1. The number of amides is 1. The Kier molecular flexibility index (Phi) is 4.22. The average Bonchev–Trinajstić information content (AvgIpc) is 2.54. The zero-order chi connectivity index (χ0) is 17.5. The van der Waals surface area contributed by atoms with E-state index < -0.39 is 21.9 Å². The van der Waals surface area contributed by atoms with Crippen molar-refractivity contribution >= 4 is 27.6 Å². The number of piperidine rings is 1. The van der Waals surface area contributed by atoms with E-state index in [1.165, 1.54) is 10.4 Å². The fourth-order valence-corrected chi connectivity index (χ4v) is 4.74. The van der Waals surface area contributed by atoms with E-state index in [0.29, 0.717) is 36.4 Å². The summed E-state index contributed by atoms with van der Waals surface area (Å²) in [5, 5.41) is 11.8. The predicted octanol–water partition coefficient (Wildman–Crippen LogP) is 0.811. The molecule has 8 nitrogen and oxygen atoms in total. The van der Waals surface area contributed by atoms with Crippen molar-refractivity contribution in [1.29, 1.82) is 0 Å². The molecule has 1 aromatic carbocycles. The molecule has 0 bridgehead atoms. The number of sulfonamides is 1. The average molecular weight is 354 g/mol. The fraction of sp³-hybridized carbons (Fsp3) is 0.467. The third-order valence-corrected chi connectivity index (χ3v) is 6.27. The van der Waals surface area contributed by atoms with Crippen molar-refractivity contribution in [3.05, 3.63) is 17.7 Å². The van der Waals surface area contributed by atoms with E-state index in [1.54, 1.807) is 13.0 Å². The molecule has 1 fully saturated rings. The molecule has 0 spiro atoms. The number of carboxylic acid groups (broad SMARTS) is 1. The van der Waals surface area contributed by atoms with E-state index in [4.69, 9.17) is 9.84 Å². The Bertz CT molecular complexity index is 804. The summed E-state index contributed by atoms with van der Waals surface area (Å²) in [5.41, 5.74) is 0.904. The fourth-order valence-electron chi connectivity index (χ4n) is 3.00. The zero-order valence-electron chi connectivity index (χ0n) is 13.1. The van der Waals surface area contributed by atoms with Crippen LogP contribution in [0.2, 0.25) is 0 Å². The highest BCUT2D eigenvalue weighted by molar-refractivity contribution is 7.89. The number of carbonyl (C=O) groups excluding carboxylic acids is 1. The van der Waals surface area contributed by atoms with Crippen LogP contribution in [-0.4, -0.2) is 49.4 Å². The maximum Gasteiger partial charge on any atom is 0.307 e. The molecular weight excluding hydrogens is 336 g/mol. The maximum absolute atomic E-state index is 12.9. The van der Waals surface area contributed by atoms with Gasteiger partial charge in [0.15, 0.2) is 6.61 Å². The van der Waals surface area contributed by atoms with Crippen molar-refractivity contribution < 1.29 is 27.9 Å². The number of hydrogen-bond donors (Lipinski definition) is 2. The number of anilines is 1. The Morgan fingerprint density at radius 2 is 2.17 bits per heavy atom.